The van der Waals surface area contributed by atoms with Gasteiger partial charge in [0.25, 0.3) is 0 Å². The first-order valence-electron chi connectivity index (χ1n) is 5.99. The average Bonchev–Trinajstić information content (AvgIpc) is 2.32. The highest BCUT2D eigenvalue weighted by Crippen LogP contribution is 2.30. The maximum absolute atomic E-state index is 13.8. The van der Waals surface area contributed by atoms with Gasteiger partial charge in [0.15, 0.2) is 0 Å². The number of nitrogens with zero attached hydrogens (tertiary/aromatic N) is 1. The van der Waals surface area contributed by atoms with Crippen molar-refractivity contribution in [2.24, 2.45) is 0 Å². The lowest BCUT2D eigenvalue weighted by Gasteiger charge is -2.36. The van der Waals surface area contributed by atoms with Gasteiger partial charge < -0.3 is 0 Å². The van der Waals surface area contributed by atoms with Gasteiger partial charge in [0.1, 0.15) is 10.7 Å². The van der Waals surface area contributed by atoms with E-state index in [9.17, 15) is 17.0 Å². The Morgan fingerprint density at radius 1 is 1.40 bits per heavy atom. The molecule has 1 unspecified atom stereocenters. The summed E-state index contributed by atoms with van der Waals surface area (Å²) in [5, 5.41) is -0.144. The summed E-state index contributed by atoms with van der Waals surface area (Å²) in [6.45, 7) is 3.64. The fourth-order valence-corrected chi connectivity index (χ4v) is 5.70. The molecule has 0 N–H and O–H groups in total. The highest BCUT2D eigenvalue weighted by Gasteiger charge is 2.40. The molecule has 1 fully saturated rings. The van der Waals surface area contributed by atoms with Crippen LogP contribution in [-0.2, 0) is 20.8 Å². The Kier molecular flexibility index (Phi) is 4.26. The third kappa shape index (κ3) is 2.77. The molecule has 0 spiro atoms. The van der Waals surface area contributed by atoms with E-state index in [1.54, 1.807) is 13.8 Å². The lowest BCUT2D eigenvalue weighted by Crippen LogP contribution is -2.52. The summed E-state index contributed by atoms with van der Waals surface area (Å²) in [5.41, 5.74) is 0. The van der Waals surface area contributed by atoms with Crippen molar-refractivity contribution in [1.29, 1.82) is 0 Å². The van der Waals surface area contributed by atoms with E-state index in [1.807, 2.05) is 0 Å². The van der Waals surface area contributed by atoms with Crippen molar-refractivity contribution in [1.82, 2.24) is 4.31 Å². The third-order valence-corrected chi connectivity index (χ3v) is 7.48. The summed E-state index contributed by atoms with van der Waals surface area (Å²) in [5.74, 6) is -0.639. The maximum Gasteiger partial charge on any atom is 0.247 e. The minimum Gasteiger partial charge on any atom is -0.259 e. The molecule has 8 heteroatoms. The molecule has 1 aromatic rings. The monoisotopic (exact) mass is 339 g/mol. The quantitative estimate of drug-likeness (QED) is 0.828. The van der Waals surface area contributed by atoms with Crippen molar-refractivity contribution in [3.63, 3.8) is 0 Å². The molecule has 0 amide bonds. The van der Waals surface area contributed by atoms with Gasteiger partial charge in [0.05, 0.1) is 9.77 Å². The van der Waals surface area contributed by atoms with Gasteiger partial charge in [-0.05, 0) is 26.0 Å². The minimum atomic E-state index is -4.03. The molecule has 0 aliphatic carbocycles. The Hall–Kier alpha value is -0.500. The molecule has 0 saturated carbocycles. The second kappa shape index (κ2) is 5.36. The number of hydrogen-bond donors (Lipinski definition) is 0. The van der Waals surface area contributed by atoms with Gasteiger partial charge in [-0.25, -0.2) is 12.8 Å². The van der Waals surface area contributed by atoms with E-state index in [1.165, 1.54) is 12.1 Å². The van der Waals surface area contributed by atoms with Crippen molar-refractivity contribution in [2.45, 2.75) is 23.5 Å². The highest BCUT2D eigenvalue weighted by atomic mass is 35.5. The number of halogens is 2. The number of benzene rings is 1. The zero-order chi connectivity index (χ0) is 15.1. The summed E-state index contributed by atoms with van der Waals surface area (Å²) in [4.78, 5) is -0.509. The molecule has 1 aliphatic rings. The van der Waals surface area contributed by atoms with Crippen LogP contribution in [0.5, 0.6) is 0 Å². The van der Waals surface area contributed by atoms with Crippen LogP contribution < -0.4 is 0 Å². The first-order valence-corrected chi connectivity index (χ1v) is 9.12. The molecule has 1 aromatic carbocycles. The van der Waals surface area contributed by atoms with Crippen molar-refractivity contribution >= 4 is 32.4 Å². The van der Waals surface area contributed by atoms with Crippen LogP contribution in [-0.4, -0.2) is 40.5 Å². The van der Waals surface area contributed by atoms with Crippen LogP contribution >= 0.6 is 11.6 Å². The second-order valence-electron chi connectivity index (χ2n) is 5.20. The average molecular weight is 340 g/mol. The molecule has 1 aliphatic heterocycles. The standard InChI is InChI=1S/C12H15ClFNO3S2/c1-12(2)8-15(6-7-19(12)16)20(17,18)11-9(13)4-3-5-10(11)14/h3-5H,6-8H2,1-2H3. The van der Waals surface area contributed by atoms with Crippen LogP contribution in [0.4, 0.5) is 4.39 Å². The largest absolute Gasteiger partial charge is 0.259 e. The molecular formula is C12H15ClFNO3S2. The Labute approximate surface area is 125 Å². The van der Waals surface area contributed by atoms with Gasteiger partial charge in [-0.1, -0.05) is 17.7 Å². The summed E-state index contributed by atoms with van der Waals surface area (Å²) < 4.78 is 51.2. The molecule has 1 atom stereocenters. The highest BCUT2D eigenvalue weighted by molar-refractivity contribution is 7.90. The zero-order valence-corrected chi connectivity index (χ0v) is 13.5. The Balaban J connectivity index is 2.44. The van der Waals surface area contributed by atoms with E-state index in [2.05, 4.69) is 0 Å². The van der Waals surface area contributed by atoms with Crippen LogP contribution in [0.3, 0.4) is 0 Å². The molecule has 1 saturated heterocycles. The van der Waals surface area contributed by atoms with Gasteiger partial charge in [0.2, 0.25) is 10.0 Å². The van der Waals surface area contributed by atoms with Crippen LogP contribution in [0.1, 0.15) is 13.8 Å². The van der Waals surface area contributed by atoms with Crippen molar-refractivity contribution in [3.05, 3.63) is 29.0 Å². The van der Waals surface area contributed by atoms with Crippen molar-refractivity contribution in [3.8, 4) is 0 Å². The molecule has 0 aromatic heterocycles. The lowest BCUT2D eigenvalue weighted by molar-refractivity contribution is 0.376. The summed E-state index contributed by atoms with van der Waals surface area (Å²) in [7, 11) is -5.13. The third-order valence-electron chi connectivity index (χ3n) is 3.22. The topological polar surface area (TPSA) is 54.5 Å². The molecular weight excluding hydrogens is 325 g/mol. The van der Waals surface area contributed by atoms with E-state index in [4.69, 9.17) is 11.6 Å². The van der Waals surface area contributed by atoms with Gasteiger partial charge in [-0.15, -0.1) is 0 Å². The molecule has 2 rings (SSSR count). The van der Waals surface area contributed by atoms with Crippen LogP contribution in [0.2, 0.25) is 5.02 Å². The smallest absolute Gasteiger partial charge is 0.247 e. The molecule has 4 nitrogen and oxygen atoms in total. The van der Waals surface area contributed by atoms with E-state index in [0.29, 0.717) is 0 Å². The summed E-state index contributed by atoms with van der Waals surface area (Å²) in [6, 6.07) is 3.75. The van der Waals surface area contributed by atoms with Gasteiger partial charge in [0, 0.05) is 29.6 Å². The first-order chi connectivity index (χ1) is 9.16. The Morgan fingerprint density at radius 3 is 2.60 bits per heavy atom. The van der Waals surface area contributed by atoms with Crippen molar-refractivity contribution < 1.29 is 17.0 Å². The van der Waals surface area contributed by atoms with E-state index in [0.717, 1.165) is 10.4 Å². The lowest BCUT2D eigenvalue weighted by atomic mass is 10.2. The normalized spacial score (nSPS) is 23.7. The zero-order valence-electron chi connectivity index (χ0n) is 11.1. The maximum atomic E-state index is 13.8. The number of hydrogen-bond acceptors (Lipinski definition) is 3. The second-order valence-corrected chi connectivity index (χ2v) is 9.69. The minimum absolute atomic E-state index is 0.0760. The van der Waals surface area contributed by atoms with E-state index in [-0.39, 0.29) is 23.9 Å². The van der Waals surface area contributed by atoms with Gasteiger partial charge in [-0.3, -0.25) is 4.21 Å². The SMILES string of the molecule is CC1(C)CN(S(=O)(=O)c2c(F)cccc2Cl)CCS1=O. The van der Waals surface area contributed by atoms with Crippen LogP contribution in [0.15, 0.2) is 23.1 Å². The van der Waals surface area contributed by atoms with E-state index < -0.39 is 36.3 Å². The number of sulfonamides is 1. The van der Waals surface area contributed by atoms with Crippen LogP contribution in [0, 0.1) is 5.82 Å². The van der Waals surface area contributed by atoms with Gasteiger partial charge >= 0.3 is 0 Å². The Morgan fingerprint density at radius 2 is 2.05 bits per heavy atom. The fourth-order valence-electron chi connectivity index (χ4n) is 2.10. The molecule has 20 heavy (non-hydrogen) atoms. The van der Waals surface area contributed by atoms with Crippen molar-refractivity contribution in [2.75, 3.05) is 18.8 Å². The van der Waals surface area contributed by atoms with E-state index >= 15 is 0 Å². The van der Waals surface area contributed by atoms with Crippen LogP contribution in [0.25, 0.3) is 0 Å². The molecule has 0 radical (unpaired) electrons. The molecule has 0 bridgehead atoms. The van der Waals surface area contributed by atoms with Gasteiger partial charge in [-0.2, -0.15) is 4.31 Å². The molecule has 112 valence electrons. The first kappa shape index (κ1) is 15.9. The fraction of sp³-hybridized carbons (Fsp3) is 0.500. The predicted molar refractivity (Wildman–Crippen MR) is 77.3 cm³/mol. The Bertz CT molecular complexity index is 640. The number of rotatable bonds is 2. The summed E-state index contributed by atoms with van der Waals surface area (Å²) in [6.07, 6.45) is 0. The summed E-state index contributed by atoms with van der Waals surface area (Å²) >= 11 is 5.83. The molecule has 1 heterocycles. The predicted octanol–water partition coefficient (Wildman–Crippen LogP) is 2.01.